The number of primary amides is 1. The Hall–Kier alpha value is -3.50. The van der Waals surface area contributed by atoms with Crippen LogP contribution in [0.5, 0.6) is 5.75 Å². The van der Waals surface area contributed by atoms with Crippen molar-refractivity contribution in [3.8, 4) is 5.75 Å². The summed E-state index contributed by atoms with van der Waals surface area (Å²) in [5.74, 6) is -0.0800. The second-order valence-electron chi connectivity index (χ2n) is 6.51. The van der Waals surface area contributed by atoms with Crippen molar-refractivity contribution in [3.63, 3.8) is 0 Å². The van der Waals surface area contributed by atoms with Gasteiger partial charge in [0, 0.05) is 32.0 Å². The van der Waals surface area contributed by atoms with Gasteiger partial charge in [-0.1, -0.05) is 12.1 Å². The van der Waals surface area contributed by atoms with Crippen molar-refractivity contribution >= 4 is 11.6 Å². The first-order chi connectivity index (χ1) is 14.6. The fourth-order valence-corrected chi connectivity index (χ4v) is 2.76. The first kappa shape index (κ1) is 21.2. The zero-order valence-corrected chi connectivity index (χ0v) is 16.4. The van der Waals surface area contributed by atoms with Crippen LogP contribution in [0.1, 0.15) is 5.56 Å². The Balaban J connectivity index is 0.000000367. The van der Waals surface area contributed by atoms with Crippen LogP contribution in [0.25, 0.3) is 0 Å². The molecule has 158 valence electrons. The van der Waals surface area contributed by atoms with E-state index in [4.69, 9.17) is 10.5 Å². The van der Waals surface area contributed by atoms with E-state index < -0.39 is 12.1 Å². The van der Waals surface area contributed by atoms with Gasteiger partial charge in [0.1, 0.15) is 11.3 Å². The highest BCUT2D eigenvalue weighted by Crippen LogP contribution is 2.22. The average molecular weight is 411 g/mol. The first-order valence-corrected chi connectivity index (χ1v) is 9.55. The maximum atomic E-state index is 11.8. The summed E-state index contributed by atoms with van der Waals surface area (Å²) in [6.45, 7) is 4.25. The summed E-state index contributed by atoms with van der Waals surface area (Å²) in [7, 11) is 0. The molecule has 0 spiro atoms. The fourth-order valence-electron chi connectivity index (χ4n) is 2.76. The maximum absolute atomic E-state index is 11.8. The van der Waals surface area contributed by atoms with Crippen LogP contribution in [0.3, 0.4) is 0 Å². The van der Waals surface area contributed by atoms with E-state index in [2.05, 4.69) is 31.2 Å². The standard InChI is InChI=1S/C16H16N6O2.C4H9NO/c17-14(24)13-15(19-8-10-3-5-12(23)6-4-10)21-22-16(13)20-11-2-1-7-18-9-11;1-3-6-4-2-5-1/h1-7,9,16,19-20,23H,8H2,(H2,17,24);5H,1-4H2. The molecule has 2 aliphatic heterocycles. The quantitative estimate of drug-likeness (QED) is 0.478. The minimum atomic E-state index is -0.658. The second kappa shape index (κ2) is 10.9. The largest absolute Gasteiger partial charge is 0.508 e. The molecule has 4 rings (SSSR count). The Morgan fingerprint density at radius 2 is 2.00 bits per heavy atom. The molecule has 1 atom stereocenters. The van der Waals surface area contributed by atoms with E-state index in [-0.39, 0.29) is 11.3 Å². The van der Waals surface area contributed by atoms with Gasteiger partial charge in [-0.05, 0) is 29.8 Å². The van der Waals surface area contributed by atoms with E-state index in [0.717, 1.165) is 31.9 Å². The summed E-state index contributed by atoms with van der Waals surface area (Å²) in [6.07, 6.45) is 2.61. The van der Waals surface area contributed by atoms with E-state index in [1.54, 1.807) is 42.7 Å². The number of anilines is 1. The number of benzene rings is 1. The Bertz CT molecular complexity index is 870. The third-order valence-electron chi connectivity index (χ3n) is 4.27. The number of rotatable bonds is 6. The number of hydrogen-bond acceptors (Lipinski definition) is 9. The van der Waals surface area contributed by atoms with Gasteiger partial charge in [-0.15, -0.1) is 5.11 Å². The summed E-state index contributed by atoms with van der Waals surface area (Å²) in [4.78, 5) is 15.8. The summed E-state index contributed by atoms with van der Waals surface area (Å²) in [5.41, 5.74) is 7.36. The highest BCUT2D eigenvalue weighted by Gasteiger charge is 2.28. The predicted molar refractivity (Wildman–Crippen MR) is 111 cm³/mol. The van der Waals surface area contributed by atoms with Crippen molar-refractivity contribution < 1.29 is 14.6 Å². The number of phenols is 1. The number of phenolic OH excluding ortho intramolecular Hbond substituents is 1. The van der Waals surface area contributed by atoms with E-state index in [1.165, 1.54) is 0 Å². The molecule has 0 aliphatic carbocycles. The number of amides is 1. The minimum Gasteiger partial charge on any atom is -0.508 e. The number of ether oxygens (including phenoxy) is 1. The second-order valence-corrected chi connectivity index (χ2v) is 6.51. The molecule has 10 heteroatoms. The van der Waals surface area contributed by atoms with Crippen LogP contribution < -0.4 is 21.7 Å². The van der Waals surface area contributed by atoms with Gasteiger partial charge in [0.25, 0.3) is 5.91 Å². The van der Waals surface area contributed by atoms with Gasteiger partial charge in [-0.3, -0.25) is 9.78 Å². The normalized spacial score (nSPS) is 17.8. The summed E-state index contributed by atoms with van der Waals surface area (Å²) >= 11 is 0. The first-order valence-electron chi connectivity index (χ1n) is 9.55. The molecule has 3 heterocycles. The molecule has 1 fully saturated rings. The lowest BCUT2D eigenvalue weighted by molar-refractivity contribution is -0.114. The minimum absolute atomic E-state index is 0.192. The van der Waals surface area contributed by atoms with E-state index in [1.807, 2.05) is 6.07 Å². The number of nitrogens with two attached hydrogens (primary N) is 1. The molecule has 0 radical (unpaired) electrons. The topological polar surface area (TPSA) is 146 Å². The number of morpholine rings is 1. The molecule has 1 saturated heterocycles. The van der Waals surface area contributed by atoms with E-state index >= 15 is 0 Å². The van der Waals surface area contributed by atoms with Crippen LogP contribution in [0.15, 0.2) is 70.4 Å². The van der Waals surface area contributed by atoms with Gasteiger partial charge in [0.05, 0.1) is 18.9 Å². The smallest absolute Gasteiger partial charge is 0.252 e. The molecule has 30 heavy (non-hydrogen) atoms. The van der Waals surface area contributed by atoms with Gasteiger partial charge in [0.2, 0.25) is 0 Å². The third-order valence-corrected chi connectivity index (χ3v) is 4.27. The van der Waals surface area contributed by atoms with Crippen LogP contribution >= 0.6 is 0 Å². The monoisotopic (exact) mass is 411 g/mol. The molecule has 2 aliphatic rings. The number of carbonyl (C=O) groups excluding carboxylic acids is 1. The number of carbonyl (C=O) groups is 1. The average Bonchev–Trinajstić information content (AvgIpc) is 3.18. The summed E-state index contributed by atoms with van der Waals surface area (Å²) in [5, 5.41) is 26.6. The maximum Gasteiger partial charge on any atom is 0.252 e. The summed E-state index contributed by atoms with van der Waals surface area (Å²) in [6, 6.07) is 10.3. The van der Waals surface area contributed by atoms with Crippen LogP contribution in [0.2, 0.25) is 0 Å². The lowest BCUT2D eigenvalue weighted by atomic mass is 10.2. The predicted octanol–water partition coefficient (Wildman–Crippen LogP) is 1.08. The van der Waals surface area contributed by atoms with Crippen molar-refractivity contribution in [3.05, 3.63) is 65.7 Å². The molecule has 1 amide bonds. The number of aromatic nitrogens is 1. The van der Waals surface area contributed by atoms with E-state index in [9.17, 15) is 9.90 Å². The number of azo groups is 1. The SMILES string of the molecule is C1COCCN1.NC(=O)C1=C(NCc2ccc(O)cc2)N=NC1Nc1cccnc1. The van der Waals surface area contributed by atoms with Crippen molar-refractivity contribution in [2.75, 3.05) is 31.6 Å². The molecule has 2 aromatic rings. The van der Waals surface area contributed by atoms with Gasteiger partial charge < -0.3 is 31.5 Å². The molecule has 6 N–H and O–H groups in total. The van der Waals surface area contributed by atoms with Crippen molar-refractivity contribution in [1.82, 2.24) is 15.6 Å². The summed E-state index contributed by atoms with van der Waals surface area (Å²) < 4.78 is 5.01. The number of pyridine rings is 1. The zero-order valence-electron chi connectivity index (χ0n) is 16.4. The van der Waals surface area contributed by atoms with Crippen molar-refractivity contribution in [1.29, 1.82) is 0 Å². The molecular formula is C20H25N7O3. The molecular weight excluding hydrogens is 386 g/mol. The Labute approximate surface area is 174 Å². The van der Waals surface area contributed by atoms with Crippen LogP contribution in [-0.2, 0) is 16.1 Å². The molecule has 1 unspecified atom stereocenters. The Morgan fingerprint density at radius 1 is 1.23 bits per heavy atom. The fraction of sp³-hybridized carbons (Fsp3) is 0.300. The highest BCUT2D eigenvalue weighted by atomic mass is 16.5. The molecule has 0 saturated carbocycles. The lowest BCUT2D eigenvalue weighted by Crippen LogP contribution is -2.30. The zero-order chi connectivity index (χ0) is 21.2. The number of nitrogens with zero attached hydrogens (tertiary/aromatic N) is 3. The molecule has 1 aromatic heterocycles. The van der Waals surface area contributed by atoms with Crippen LogP contribution in [-0.4, -0.2) is 48.5 Å². The van der Waals surface area contributed by atoms with Crippen molar-refractivity contribution in [2.24, 2.45) is 16.0 Å². The van der Waals surface area contributed by atoms with Gasteiger partial charge >= 0.3 is 0 Å². The van der Waals surface area contributed by atoms with Crippen LogP contribution in [0, 0.1) is 0 Å². The lowest BCUT2D eigenvalue weighted by Gasteiger charge is -2.13. The van der Waals surface area contributed by atoms with Crippen molar-refractivity contribution in [2.45, 2.75) is 12.7 Å². The Morgan fingerprint density at radius 3 is 2.57 bits per heavy atom. The number of nitrogens with one attached hydrogen (secondary N) is 3. The van der Waals surface area contributed by atoms with Gasteiger partial charge in [-0.2, -0.15) is 5.11 Å². The number of hydrogen-bond donors (Lipinski definition) is 5. The van der Waals surface area contributed by atoms with Gasteiger partial charge in [-0.25, -0.2) is 0 Å². The number of aromatic hydroxyl groups is 1. The molecule has 1 aromatic carbocycles. The van der Waals surface area contributed by atoms with Crippen LogP contribution in [0.4, 0.5) is 5.69 Å². The Kier molecular flexibility index (Phi) is 7.70. The molecule has 0 bridgehead atoms. The highest BCUT2D eigenvalue weighted by molar-refractivity contribution is 5.94. The van der Waals surface area contributed by atoms with Gasteiger partial charge in [0.15, 0.2) is 12.0 Å². The third kappa shape index (κ3) is 6.26. The van der Waals surface area contributed by atoms with E-state index in [0.29, 0.717) is 18.1 Å². The molecule has 10 nitrogen and oxygen atoms in total.